The molecule has 2 heterocycles. The molecule has 0 aliphatic carbocycles. The Kier molecular flexibility index (Phi) is 3.84. The number of rotatable bonds is 4. The lowest BCUT2D eigenvalue weighted by Crippen LogP contribution is -2.25. The third-order valence-corrected chi connectivity index (χ3v) is 3.16. The van der Waals surface area contributed by atoms with E-state index in [-0.39, 0.29) is 21.4 Å². The second-order valence-corrected chi connectivity index (χ2v) is 4.60. The molecule has 0 radical (unpaired) electrons. The molecule has 9 nitrogen and oxygen atoms in total. The second-order valence-electron chi connectivity index (χ2n) is 3.59. The van der Waals surface area contributed by atoms with Crippen LogP contribution in [0, 0.1) is 10.1 Å². The standard InChI is InChI=1S/C10H9N5O4S/c1-2-14-7(16)4-3-6(13-14)9(17)12-10-11-5-8(20-10)15(18)19/h3-5H,2H2,1H3,(H,11,12,17). The van der Waals surface area contributed by atoms with Crippen molar-refractivity contribution in [2.75, 3.05) is 5.32 Å². The Morgan fingerprint density at radius 3 is 2.90 bits per heavy atom. The molecule has 0 unspecified atom stereocenters. The summed E-state index contributed by atoms with van der Waals surface area (Å²) in [5, 5.41) is 16.7. The van der Waals surface area contributed by atoms with Crippen LogP contribution in [0.2, 0.25) is 0 Å². The van der Waals surface area contributed by atoms with Crippen LogP contribution in [0.15, 0.2) is 23.1 Å². The van der Waals surface area contributed by atoms with E-state index in [1.165, 1.54) is 12.1 Å². The van der Waals surface area contributed by atoms with Gasteiger partial charge in [-0.05, 0) is 24.3 Å². The zero-order valence-electron chi connectivity index (χ0n) is 10.3. The topological polar surface area (TPSA) is 120 Å². The van der Waals surface area contributed by atoms with Crippen LogP contribution in [0.4, 0.5) is 10.1 Å². The van der Waals surface area contributed by atoms with Gasteiger partial charge in [-0.1, -0.05) is 0 Å². The third kappa shape index (κ3) is 2.85. The molecule has 0 aliphatic rings. The molecule has 0 saturated heterocycles. The van der Waals surface area contributed by atoms with Gasteiger partial charge in [-0.15, -0.1) is 0 Å². The summed E-state index contributed by atoms with van der Waals surface area (Å²) in [5.74, 6) is -0.587. The molecule has 0 fully saturated rings. The van der Waals surface area contributed by atoms with Gasteiger partial charge in [-0.25, -0.2) is 9.67 Å². The predicted octanol–water partition coefficient (Wildman–Crippen LogP) is 0.880. The number of thiazole rings is 1. The molecule has 10 heteroatoms. The minimum atomic E-state index is -0.594. The van der Waals surface area contributed by atoms with E-state index in [0.29, 0.717) is 6.54 Å². The third-order valence-electron chi connectivity index (χ3n) is 2.29. The number of nitrogens with zero attached hydrogens (tertiary/aromatic N) is 4. The highest BCUT2D eigenvalue weighted by Crippen LogP contribution is 2.25. The summed E-state index contributed by atoms with van der Waals surface area (Å²) in [5.41, 5.74) is -0.279. The first-order valence-electron chi connectivity index (χ1n) is 5.51. The van der Waals surface area contributed by atoms with E-state index in [2.05, 4.69) is 15.4 Å². The van der Waals surface area contributed by atoms with Gasteiger partial charge in [0.25, 0.3) is 11.5 Å². The van der Waals surface area contributed by atoms with Crippen molar-refractivity contribution in [3.63, 3.8) is 0 Å². The van der Waals surface area contributed by atoms with E-state index in [9.17, 15) is 19.7 Å². The van der Waals surface area contributed by atoms with Crippen molar-refractivity contribution < 1.29 is 9.72 Å². The van der Waals surface area contributed by atoms with Crippen molar-refractivity contribution in [2.24, 2.45) is 0 Å². The summed E-state index contributed by atoms with van der Waals surface area (Å²) >= 11 is 0.739. The molecule has 0 saturated carbocycles. The number of aryl methyl sites for hydroxylation is 1. The number of carbonyl (C=O) groups is 1. The fraction of sp³-hybridized carbons (Fsp3) is 0.200. The van der Waals surface area contributed by atoms with Gasteiger partial charge in [0, 0.05) is 12.6 Å². The highest BCUT2D eigenvalue weighted by Gasteiger charge is 2.15. The molecule has 0 bridgehead atoms. The summed E-state index contributed by atoms with van der Waals surface area (Å²) in [6.07, 6.45) is 1.06. The molecule has 104 valence electrons. The molecule has 20 heavy (non-hydrogen) atoms. The van der Waals surface area contributed by atoms with Gasteiger partial charge in [-0.3, -0.25) is 25.0 Å². The Morgan fingerprint density at radius 2 is 2.30 bits per heavy atom. The van der Waals surface area contributed by atoms with Crippen LogP contribution in [0.5, 0.6) is 0 Å². The Hall–Kier alpha value is -2.62. The minimum absolute atomic E-state index is 0.0318. The number of carbonyl (C=O) groups excluding carboxylic acids is 1. The summed E-state index contributed by atoms with van der Waals surface area (Å²) in [7, 11) is 0. The first kappa shape index (κ1) is 13.8. The van der Waals surface area contributed by atoms with Gasteiger partial charge in [0.05, 0.1) is 4.92 Å². The zero-order valence-corrected chi connectivity index (χ0v) is 11.1. The Labute approximate surface area is 116 Å². The molecule has 2 rings (SSSR count). The number of anilines is 1. The minimum Gasteiger partial charge on any atom is -0.296 e. The Morgan fingerprint density at radius 1 is 1.55 bits per heavy atom. The Balaban J connectivity index is 2.19. The van der Waals surface area contributed by atoms with Crippen LogP contribution in [0.1, 0.15) is 17.4 Å². The molecule has 0 aliphatic heterocycles. The number of aromatic nitrogens is 3. The summed E-state index contributed by atoms with van der Waals surface area (Å²) in [6, 6.07) is 2.52. The molecule has 2 aromatic rings. The molecule has 0 spiro atoms. The van der Waals surface area contributed by atoms with Crippen molar-refractivity contribution >= 4 is 27.4 Å². The van der Waals surface area contributed by atoms with Crippen molar-refractivity contribution in [1.82, 2.24) is 14.8 Å². The largest absolute Gasteiger partial charge is 0.345 e. The molecule has 2 aromatic heterocycles. The summed E-state index contributed by atoms with van der Waals surface area (Å²) in [6.45, 7) is 2.06. The van der Waals surface area contributed by atoms with Crippen molar-refractivity contribution in [1.29, 1.82) is 0 Å². The molecule has 1 N–H and O–H groups in total. The second kappa shape index (κ2) is 5.57. The van der Waals surface area contributed by atoms with Crippen LogP contribution in [0.25, 0.3) is 0 Å². The molecule has 0 aromatic carbocycles. The van der Waals surface area contributed by atoms with E-state index >= 15 is 0 Å². The van der Waals surface area contributed by atoms with Crippen molar-refractivity contribution in [3.05, 3.63) is 44.5 Å². The monoisotopic (exact) mass is 295 g/mol. The van der Waals surface area contributed by atoms with Crippen LogP contribution >= 0.6 is 11.3 Å². The average molecular weight is 295 g/mol. The normalized spacial score (nSPS) is 10.2. The van der Waals surface area contributed by atoms with Gasteiger partial charge in [0.2, 0.25) is 0 Å². The maximum atomic E-state index is 11.9. The molecular weight excluding hydrogens is 286 g/mol. The van der Waals surface area contributed by atoms with Crippen LogP contribution < -0.4 is 10.9 Å². The maximum Gasteiger partial charge on any atom is 0.345 e. The molecule has 1 amide bonds. The highest BCUT2D eigenvalue weighted by atomic mass is 32.1. The lowest BCUT2D eigenvalue weighted by molar-refractivity contribution is -0.380. The van der Waals surface area contributed by atoms with Gasteiger partial charge >= 0.3 is 5.00 Å². The van der Waals surface area contributed by atoms with Gasteiger partial charge in [0.15, 0.2) is 5.13 Å². The Bertz CT molecular complexity index is 722. The fourth-order valence-corrected chi connectivity index (χ4v) is 1.99. The van der Waals surface area contributed by atoms with E-state index in [4.69, 9.17) is 0 Å². The number of nitrogens with one attached hydrogen (secondary N) is 1. The van der Waals surface area contributed by atoms with Gasteiger partial charge < -0.3 is 0 Å². The van der Waals surface area contributed by atoms with E-state index < -0.39 is 10.8 Å². The van der Waals surface area contributed by atoms with Crippen molar-refractivity contribution in [2.45, 2.75) is 13.5 Å². The van der Waals surface area contributed by atoms with Crippen LogP contribution in [0.3, 0.4) is 0 Å². The summed E-state index contributed by atoms with van der Waals surface area (Å²) < 4.78 is 1.14. The maximum absolute atomic E-state index is 11.9. The van der Waals surface area contributed by atoms with Crippen LogP contribution in [-0.4, -0.2) is 25.6 Å². The number of hydrogen-bond donors (Lipinski definition) is 1. The van der Waals surface area contributed by atoms with E-state index in [0.717, 1.165) is 22.2 Å². The predicted molar refractivity (Wildman–Crippen MR) is 70.9 cm³/mol. The highest BCUT2D eigenvalue weighted by molar-refractivity contribution is 7.18. The SMILES string of the molecule is CCn1nc(C(=O)Nc2ncc([N+](=O)[O-])s2)ccc1=O. The average Bonchev–Trinajstić information content (AvgIpc) is 2.88. The number of nitro groups is 1. The van der Waals surface area contributed by atoms with Crippen molar-refractivity contribution in [3.8, 4) is 0 Å². The molecule has 0 atom stereocenters. The fourth-order valence-electron chi connectivity index (χ4n) is 1.37. The zero-order chi connectivity index (χ0) is 14.7. The van der Waals surface area contributed by atoms with Gasteiger partial charge in [-0.2, -0.15) is 5.10 Å². The van der Waals surface area contributed by atoms with E-state index in [1.807, 2.05) is 0 Å². The summed E-state index contributed by atoms with van der Waals surface area (Å²) in [4.78, 5) is 36.8. The molecular formula is C10H9N5O4S. The quantitative estimate of drug-likeness (QED) is 0.660. The van der Waals surface area contributed by atoms with Gasteiger partial charge in [0.1, 0.15) is 11.9 Å². The first-order chi connectivity index (χ1) is 9.51. The number of amides is 1. The number of hydrogen-bond acceptors (Lipinski definition) is 7. The van der Waals surface area contributed by atoms with E-state index in [1.54, 1.807) is 6.92 Å². The van der Waals surface area contributed by atoms with Crippen LogP contribution in [-0.2, 0) is 6.54 Å². The lowest BCUT2D eigenvalue weighted by Gasteiger charge is -2.03. The first-order valence-corrected chi connectivity index (χ1v) is 6.32. The smallest absolute Gasteiger partial charge is 0.296 e. The lowest BCUT2D eigenvalue weighted by atomic mass is 10.3.